The maximum absolute atomic E-state index is 12.8. The number of amides is 3. The van der Waals surface area contributed by atoms with Crippen LogP contribution >= 0.6 is 0 Å². The summed E-state index contributed by atoms with van der Waals surface area (Å²) in [5.74, 6) is -0.320. The number of hydrogen-bond donors (Lipinski definition) is 7. The number of carboxylic acids is 1. The zero-order valence-corrected chi connectivity index (χ0v) is 25.5. The van der Waals surface area contributed by atoms with Crippen molar-refractivity contribution in [3.05, 3.63) is 114 Å². The first-order chi connectivity index (χ1) is 21.4. The summed E-state index contributed by atoms with van der Waals surface area (Å²) in [5, 5.41) is 26.9. The minimum Gasteiger partial charge on any atom is -0.491 e. The predicted molar refractivity (Wildman–Crippen MR) is 178 cm³/mol. The molecule has 0 aliphatic rings. The van der Waals surface area contributed by atoms with E-state index in [0.717, 1.165) is 23.9 Å². The molecule has 8 N–H and O–H groups in total. The predicted octanol–water partition coefficient (Wildman–Crippen LogP) is 6.92. The van der Waals surface area contributed by atoms with Crippen LogP contribution in [-0.4, -0.2) is 35.0 Å². The maximum atomic E-state index is 12.8. The molecule has 4 aromatic carbocycles. The lowest BCUT2D eigenvalue weighted by molar-refractivity contribution is -0.134. The molecule has 1 atom stereocenters. The second-order valence-electron chi connectivity index (χ2n) is 10.3. The van der Waals surface area contributed by atoms with Gasteiger partial charge in [-0.2, -0.15) is 0 Å². The molecular formula is C34H38N6O5. The summed E-state index contributed by atoms with van der Waals surface area (Å²) in [6, 6.07) is 28.3. The van der Waals surface area contributed by atoms with Crippen LogP contribution in [0.15, 0.2) is 97.1 Å². The van der Waals surface area contributed by atoms with Crippen LogP contribution in [0.4, 0.5) is 27.5 Å². The fraction of sp³-hybridized carbons (Fsp3) is 0.176. The lowest BCUT2D eigenvalue weighted by atomic mass is 10.0. The summed E-state index contributed by atoms with van der Waals surface area (Å²) < 4.78 is 5.65. The van der Waals surface area contributed by atoms with E-state index < -0.39 is 12.0 Å². The van der Waals surface area contributed by atoms with E-state index in [9.17, 15) is 9.59 Å². The largest absolute Gasteiger partial charge is 0.491 e. The molecule has 0 bridgehead atoms. The Labute approximate surface area is 262 Å². The average Bonchev–Trinajstić information content (AvgIpc) is 2.99. The topological polar surface area (TPSA) is 179 Å². The van der Waals surface area contributed by atoms with Crippen molar-refractivity contribution < 1.29 is 24.2 Å². The highest BCUT2D eigenvalue weighted by Gasteiger charge is 2.13. The molecule has 45 heavy (non-hydrogen) atoms. The van der Waals surface area contributed by atoms with E-state index in [1.165, 1.54) is 0 Å². The van der Waals surface area contributed by atoms with Crippen LogP contribution in [0.2, 0.25) is 0 Å². The summed E-state index contributed by atoms with van der Waals surface area (Å²) in [5.41, 5.74) is 10.2. The molecule has 0 aliphatic carbocycles. The molecule has 11 nitrogen and oxygen atoms in total. The van der Waals surface area contributed by atoms with Gasteiger partial charge in [0.2, 0.25) is 0 Å². The number of para-hydroxylation sites is 2. The summed E-state index contributed by atoms with van der Waals surface area (Å²) in [6.07, 6.45) is 0.0822. The highest BCUT2D eigenvalue weighted by molar-refractivity contribution is 6.04. The van der Waals surface area contributed by atoms with Crippen LogP contribution in [0.25, 0.3) is 0 Å². The van der Waals surface area contributed by atoms with Gasteiger partial charge < -0.3 is 36.8 Å². The number of hydrogen-bond acceptors (Lipinski definition) is 6. The summed E-state index contributed by atoms with van der Waals surface area (Å²) in [6.45, 7) is 7.01. The molecule has 1 unspecified atom stereocenters. The number of aliphatic carboxylic acids is 1. The molecular weight excluding hydrogens is 572 g/mol. The van der Waals surface area contributed by atoms with Gasteiger partial charge in [0, 0.05) is 35.5 Å². The number of ether oxygens (including phenoxy) is 1. The van der Waals surface area contributed by atoms with Crippen LogP contribution in [0, 0.1) is 5.41 Å². The van der Waals surface area contributed by atoms with Gasteiger partial charge in [0.05, 0.1) is 17.5 Å². The Balaban J connectivity index is 0.00000130. The Hall–Kier alpha value is -5.84. The van der Waals surface area contributed by atoms with Gasteiger partial charge >= 0.3 is 6.03 Å². The van der Waals surface area contributed by atoms with E-state index in [1.807, 2.05) is 81.4 Å². The van der Waals surface area contributed by atoms with Crippen LogP contribution < -0.4 is 31.7 Å². The van der Waals surface area contributed by atoms with Crippen molar-refractivity contribution in [2.24, 2.45) is 5.73 Å². The number of carboxylic acid groups (broad SMARTS) is 1. The first kappa shape index (κ1) is 33.7. The fourth-order valence-corrected chi connectivity index (χ4v) is 4.07. The number of carbonyl (C=O) groups is 3. The Morgan fingerprint density at radius 3 is 1.80 bits per heavy atom. The smallest absolute Gasteiger partial charge is 0.323 e. The van der Waals surface area contributed by atoms with Gasteiger partial charge in [-0.05, 0) is 99.1 Å². The average molecular weight is 611 g/mol. The molecule has 0 aliphatic heterocycles. The molecule has 3 amide bonds. The van der Waals surface area contributed by atoms with E-state index in [4.69, 9.17) is 25.8 Å². The molecule has 0 saturated carbocycles. The lowest BCUT2D eigenvalue weighted by Gasteiger charge is -2.19. The van der Waals surface area contributed by atoms with Crippen molar-refractivity contribution >= 4 is 46.5 Å². The molecule has 0 saturated heterocycles. The third-order valence-corrected chi connectivity index (χ3v) is 6.16. The number of urea groups is 1. The van der Waals surface area contributed by atoms with Crippen molar-refractivity contribution in [1.82, 2.24) is 0 Å². The second kappa shape index (κ2) is 16.1. The van der Waals surface area contributed by atoms with Crippen LogP contribution in [0.3, 0.4) is 0 Å². The molecule has 234 valence electrons. The molecule has 11 heteroatoms. The molecule has 0 radical (unpaired) electrons. The van der Waals surface area contributed by atoms with Gasteiger partial charge in [-0.15, -0.1) is 0 Å². The minimum atomic E-state index is -0.833. The van der Waals surface area contributed by atoms with Gasteiger partial charge in [0.25, 0.3) is 11.9 Å². The molecule has 4 rings (SSSR count). The molecule has 0 fully saturated rings. The quantitative estimate of drug-likeness (QED) is 0.0752. The molecule has 0 aromatic heterocycles. The molecule has 0 heterocycles. The van der Waals surface area contributed by atoms with Gasteiger partial charge in [-0.25, -0.2) is 4.79 Å². The van der Waals surface area contributed by atoms with E-state index in [2.05, 4.69) is 21.3 Å². The SMILES string of the molecule is CC(=O)O.CC(C)Oc1ccc(NC(=O)c2ccc(C(C)Nc3ccccc3NC(=O)Nc3ccc(C(=N)N)cc3)cc2)cc1. The highest BCUT2D eigenvalue weighted by Crippen LogP contribution is 2.27. The van der Waals surface area contributed by atoms with Crippen molar-refractivity contribution in [1.29, 1.82) is 5.41 Å². The van der Waals surface area contributed by atoms with Crippen LogP contribution in [0.1, 0.15) is 55.2 Å². The number of benzene rings is 4. The zero-order valence-electron chi connectivity index (χ0n) is 25.5. The first-order valence-electron chi connectivity index (χ1n) is 14.2. The Morgan fingerprint density at radius 2 is 1.24 bits per heavy atom. The number of rotatable bonds is 10. The monoisotopic (exact) mass is 610 g/mol. The van der Waals surface area contributed by atoms with Crippen molar-refractivity contribution in [3.63, 3.8) is 0 Å². The number of anilines is 4. The Kier molecular flexibility index (Phi) is 12.1. The van der Waals surface area contributed by atoms with Crippen molar-refractivity contribution in [2.45, 2.75) is 39.8 Å². The first-order valence-corrected chi connectivity index (χ1v) is 14.2. The summed E-state index contributed by atoms with van der Waals surface area (Å²) in [7, 11) is 0. The maximum Gasteiger partial charge on any atom is 0.323 e. The van der Waals surface area contributed by atoms with Gasteiger partial charge in [-0.1, -0.05) is 24.3 Å². The summed E-state index contributed by atoms with van der Waals surface area (Å²) >= 11 is 0. The summed E-state index contributed by atoms with van der Waals surface area (Å²) in [4.78, 5) is 34.4. The number of nitrogens with two attached hydrogens (primary N) is 1. The van der Waals surface area contributed by atoms with Crippen molar-refractivity contribution in [3.8, 4) is 5.75 Å². The minimum absolute atomic E-state index is 0.0355. The van der Waals surface area contributed by atoms with E-state index >= 15 is 0 Å². The number of carbonyl (C=O) groups excluding carboxylic acids is 2. The highest BCUT2D eigenvalue weighted by atomic mass is 16.5. The van der Waals surface area contributed by atoms with Crippen LogP contribution in [0.5, 0.6) is 5.75 Å². The Bertz CT molecular complexity index is 1600. The number of nitrogens with one attached hydrogen (secondary N) is 5. The zero-order chi connectivity index (χ0) is 32.9. The van der Waals surface area contributed by atoms with Gasteiger partial charge in [-0.3, -0.25) is 15.0 Å². The standard InChI is InChI=1S/C32H34N6O3.C2H4O2/c1-20(2)41-27-18-16-25(17-19-27)36-31(39)24-10-8-22(9-11-24)21(3)35-28-6-4-5-7-29(28)38-32(40)37-26-14-12-23(13-15-26)30(33)34;1-2(3)4/h4-21,35H,1-3H3,(H3,33,34)(H,36,39)(H2,37,38,40);1H3,(H,3,4). The second-order valence-corrected chi connectivity index (χ2v) is 10.3. The normalized spacial score (nSPS) is 10.9. The fourth-order valence-electron chi connectivity index (χ4n) is 4.07. The van der Waals surface area contributed by atoms with E-state index in [-0.39, 0.29) is 23.9 Å². The lowest BCUT2D eigenvalue weighted by Crippen LogP contribution is -2.21. The van der Waals surface area contributed by atoms with E-state index in [0.29, 0.717) is 28.2 Å². The Morgan fingerprint density at radius 1 is 0.733 bits per heavy atom. The number of nitrogen functional groups attached to an aromatic ring is 1. The van der Waals surface area contributed by atoms with Gasteiger partial charge in [0.1, 0.15) is 11.6 Å². The number of amidine groups is 1. The molecule has 4 aromatic rings. The molecule has 0 spiro atoms. The third-order valence-electron chi connectivity index (χ3n) is 6.16. The van der Waals surface area contributed by atoms with Crippen molar-refractivity contribution in [2.75, 3.05) is 21.3 Å². The van der Waals surface area contributed by atoms with E-state index in [1.54, 1.807) is 36.4 Å². The van der Waals surface area contributed by atoms with Gasteiger partial charge in [0.15, 0.2) is 0 Å². The van der Waals surface area contributed by atoms with Crippen LogP contribution in [-0.2, 0) is 4.79 Å². The third kappa shape index (κ3) is 11.1.